The maximum Gasteiger partial charge on any atom is 0.269 e. The Kier molecular flexibility index (Phi) is 3.19. The Bertz CT molecular complexity index is 392. The zero-order valence-corrected chi connectivity index (χ0v) is 9.00. The smallest absolute Gasteiger partial charge is 0.269 e. The molecule has 0 spiro atoms. The lowest BCUT2D eigenvalue weighted by molar-refractivity contribution is -0.384. The van der Waals surface area contributed by atoms with Crippen molar-refractivity contribution in [3.8, 4) is 0 Å². The number of hydrogen-bond donors (Lipinski definition) is 0. The van der Waals surface area contributed by atoms with Gasteiger partial charge in [0.2, 0.25) is 0 Å². The number of nitrogens with zero attached hydrogens (tertiary/aromatic N) is 2. The molecule has 0 unspecified atom stereocenters. The zero-order valence-electron chi connectivity index (χ0n) is 9.00. The predicted molar refractivity (Wildman–Crippen MR) is 62.9 cm³/mol. The Balaban J connectivity index is 2.01. The van der Waals surface area contributed by atoms with Gasteiger partial charge in [0.15, 0.2) is 0 Å². The van der Waals surface area contributed by atoms with Gasteiger partial charge < -0.3 is 4.90 Å². The molecule has 0 atom stereocenters. The normalized spacial score (nSPS) is 15.9. The van der Waals surface area contributed by atoms with Crippen molar-refractivity contribution >= 4 is 11.8 Å². The van der Waals surface area contributed by atoms with E-state index in [0.717, 1.165) is 18.7 Å². The van der Waals surface area contributed by atoms with Crippen molar-refractivity contribution in [1.29, 1.82) is 0 Å². The van der Waals surface area contributed by atoms with Gasteiger partial charge in [0.05, 0.1) is 4.92 Å². The summed E-state index contributed by atoms with van der Waals surface area (Å²) in [5.74, 6) is 0. The van der Waals surface area contributed by atoms with Gasteiger partial charge in [-0.2, -0.15) is 0 Å². The second-order valence-corrected chi connectivity index (χ2v) is 3.91. The molecule has 1 aliphatic heterocycles. The molecule has 2 rings (SSSR count). The lowest BCUT2D eigenvalue weighted by Gasteiger charge is -2.09. The minimum atomic E-state index is -0.381. The molecule has 0 saturated carbocycles. The lowest BCUT2D eigenvalue weighted by Crippen LogP contribution is -2.09. The summed E-state index contributed by atoms with van der Waals surface area (Å²) in [5, 5.41) is 10.5. The summed E-state index contributed by atoms with van der Waals surface area (Å²) in [5.41, 5.74) is 1.14. The van der Waals surface area contributed by atoms with Crippen molar-refractivity contribution in [2.45, 2.75) is 12.8 Å². The van der Waals surface area contributed by atoms with Crippen molar-refractivity contribution < 1.29 is 4.92 Å². The monoisotopic (exact) mass is 218 g/mol. The summed E-state index contributed by atoms with van der Waals surface area (Å²) in [6.45, 7) is 2.23. The van der Waals surface area contributed by atoms with Crippen LogP contribution in [0.5, 0.6) is 0 Å². The Morgan fingerprint density at radius 3 is 2.38 bits per heavy atom. The van der Waals surface area contributed by atoms with Gasteiger partial charge in [-0.1, -0.05) is 0 Å². The van der Waals surface area contributed by atoms with Crippen LogP contribution in [0.4, 0.5) is 5.69 Å². The highest BCUT2D eigenvalue weighted by molar-refractivity contribution is 5.51. The number of non-ortho nitro benzene ring substituents is 1. The molecule has 1 fully saturated rings. The third-order valence-corrected chi connectivity index (χ3v) is 2.72. The summed E-state index contributed by atoms with van der Waals surface area (Å²) < 4.78 is 0. The zero-order chi connectivity index (χ0) is 11.4. The Labute approximate surface area is 94.3 Å². The molecule has 0 aliphatic carbocycles. The van der Waals surface area contributed by atoms with E-state index >= 15 is 0 Å². The van der Waals surface area contributed by atoms with Gasteiger partial charge in [0.1, 0.15) is 0 Å². The number of benzene rings is 1. The van der Waals surface area contributed by atoms with Crippen molar-refractivity contribution in [2.24, 2.45) is 0 Å². The molecule has 0 amide bonds. The first-order chi connectivity index (χ1) is 7.75. The van der Waals surface area contributed by atoms with Crippen LogP contribution >= 0.6 is 0 Å². The first-order valence-electron chi connectivity index (χ1n) is 5.42. The first-order valence-corrected chi connectivity index (χ1v) is 5.42. The van der Waals surface area contributed by atoms with Crippen molar-refractivity contribution in [1.82, 2.24) is 4.90 Å². The third-order valence-electron chi connectivity index (χ3n) is 2.72. The fraction of sp³-hybridized carbons (Fsp3) is 0.333. The molecule has 1 aromatic rings. The molecule has 1 saturated heterocycles. The van der Waals surface area contributed by atoms with Crippen LogP contribution in [0.2, 0.25) is 0 Å². The van der Waals surface area contributed by atoms with Crippen LogP contribution < -0.4 is 0 Å². The molecular formula is C12H14N2O2. The van der Waals surface area contributed by atoms with Gasteiger partial charge in [-0.25, -0.2) is 0 Å². The van der Waals surface area contributed by atoms with E-state index in [0.29, 0.717) is 0 Å². The quantitative estimate of drug-likeness (QED) is 0.578. The fourth-order valence-corrected chi connectivity index (χ4v) is 1.79. The standard InChI is InChI=1S/C12H14N2O2/c15-14(16)12-5-3-11(4-6-12)7-10-13-8-1-2-9-13/h3-7,10H,1-2,8-9H2. The first kappa shape index (κ1) is 10.7. The largest absolute Gasteiger partial charge is 0.377 e. The second-order valence-electron chi connectivity index (χ2n) is 3.91. The minimum absolute atomic E-state index is 0.137. The average Bonchev–Trinajstić information content (AvgIpc) is 2.80. The molecule has 84 valence electrons. The highest BCUT2D eigenvalue weighted by Gasteiger charge is 2.06. The minimum Gasteiger partial charge on any atom is -0.377 e. The van der Waals surface area contributed by atoms with Gasteiger partial charge >= 0.3 is 0 Å². The molecule has 4 heteroatoms. The van der Waals surface area contributed by atoms with Crippen LogP contribution in [-0.2, 0) is 0 Å². The summed E-state index contributed by atoms with van der Waals surface area (Å²) in [6.07, 6.45) is 6.57. The van der Waals surface area contributed by atoms with Gasteiger partial charge in [0, 0.05) is 25.2 Å². The van der Waals surface area contributed by atoms with Crippen molar-refractivity contribution in [3.63, 3.8) is 0 Å². The third kappa shape index (κ3) is 2.59. The van der Waals surface area contributed by atoms with Crippen LogP contribution in [0.25, 0.3) is 6.08 Å². The second kappa shape index (κ2) is 4.79. The van der Waals surface area contributed by atoms with Gasteiger partial charge in [-0.15, -0.1) is 0 Å². The van der Waals surface area contributed by atoms with E-state index in [2.05, 4.69) is 11.1 Å². The molecular weight excluding hydrogens is 204 g/mol. The maximum absolute atomic E-state index is 10.5. The molecule has 1 aromatic carbocycles. The number of nitro groups is 1. The maximum atomic E-state index is 10.5. The van der Waals surface area contributed by atoms with Crippen molar-refractivity contribution in [2.75, 3.05) is 13.1 Å². The number of rotatable bonds is 3. The van der Waals surface area contributed by atoms with E-state index in [1.165, 1.54) is 25.0 Å². The Hall–Kier alpha value is -1.84. The van der Waals surface area contributed by atoms with E-state index in [4.69, 9.17) is 0 Å². The number of nitro benzene ring substituents is 1. The SMILES string of the molecule is O=[N+]([O-])c1ccc(C=CN2CCCC2)cc1. The summed E-state index contributed by atoms with van der Waals surface area (Å²) in [4.78, 5) is 12.3. The van der Waals surface area contributed by atoms with Crippen LogP contribution in [0.3, 0.4) is 0 Å². The molecule has 0 bridgehead atoms. The average molecular weight is 218 g/mol. The molecule has 0 aromatic heterocycles. The van der Waals surface area contributed by atoms with E-state index in [9.17, 15) is 10.1 Å². The Morgan fingerprint density at radius 2 is 1.81 bits per heavy atom. The summed E-state index contributed by atoms with van der Waals surface area (Å²) >= 11 is 0. The number of hydrogen-bond acceptors (Lipinski definition) is 3. The van der Waals surface area contributed by atoms with E-state index in [1.54, 1.807) is 12.1 Å². The fourth-order valence-electron chi connectivity index (χ4n) is 1.79. The van der Waals surface area contributed by atoms with Gasteiger partial charge in [0.25, 0.3) is 5.69 Å². The molecule has 16 heavy (non-hydrogen) atoms. The highest BCUT2D eigenvalue weighted by Crippen LogP contribution is 2.14. The van der Waals surface area contributed by atoms with E-state index < -0.39 is 0 Å². The van der Waals surface area contributed by atoms with E-state index in [-0.39, 0.29) is 10.6 Å². The molecule has 1 heterocycles. The van der Waals surface area contributed by atoms with Crippen LogP contribution in [0, 0.1) is 10.1 Å². The van der Waals surface area contributed by atoms with Crippen LogP contribution in [0.1, 0.15) is 18.4 Å². The predicted octanol–water partition coefficient (Wildman–Crippen LogP) is 2.66. The summed E-state index contributed by atoms with van der Waals surface area (Å²) in [6, 6.07) is 6.60. The van der Waals surface area contributed by atoms with E-state index in [1.807, 2.05) is 6.08 Å². The van der Waals surface area contributed by atoms with Gasteiger partial charge in [-0.3, -0.25) is 10.1 Å². The van der Waals surface area contributed by atoms with Crippen molar-refractivity contribution in [3.05, 3.63) is 46.1 Å². The van der Waals surface area contributed by atoms with Gasteiger partial charge in [-0.05, 0) is 42.8 Å². The summed E-state index contributed by atoms with van der Waals surface area (Å²) in [7, 11) is 0. The molecule has 0 N–H and O–H groups in total. The molecule has 1 aliphatic rings. The molecule has 4 nitrogen and oxygen atoms in total. The molecule has 0 radical (unpaired) electrons. The topological polar surface area (TPSA) is 46.4 Å². The van der Waals surface area contributed by atoms with Crippen LogP contribution in [0.15, 0.2) is 30.5 Å². The number of likely N-dealkylation sites (tertiary alicyclic amines) is 1. The van der Waals surface area contributed by atoms with Crippen LogP contribution in [-0.4, -0.2) is 22.9 Å². The lowest BCUT2D eigenvalue weighted by atomic mass is 10.2. The Morgan fingerprint density at radius 1 is 1.19 bits per heavy atom. The highest BCUT2D eigenvalue weighted by atomic mass is 16.6.